The number of aromatic nitrogens is 3. The van der Waals surface area contributed by atoms with Crippen molar-refractivity contribution in [3.63, 3.8) is 0 Å². The summed E-state index contributed by atoms with van der Waals surface area (Å²) in [5, 5.41) is 7.16. The fourth-order valence-corrected chi connectivity index (χ4v) is 6.20. The minimum absolute atomic E-state index is 0.558. The van der Waals surface area contributed by atoms with Crippen molar-refractivity contribution in [2.45, 2.75) is 0 Å². The summed E-state index contributed by atoms with van der Waals surface area (Å²) in [5.74, 6) is 3.31. The molecule has 7 heteroatoms. The second-order valence-electron chi connectivity index (χ2n) is 12.7. The second kappa shape index (κ2) is 15.6. The molecular weight excluding hydrogens is 667 g/mol. The predicted octanol–water partition coefficient (Wildman–Crippen LogP) is 11.7. The van der Waals surface area contributed by atoms with Crippen LogP contribution in [0.15, 0.2) is 176 Å². The second-order valence-corrected chi connectivity index (χ2v) is 12.7. The lowest BCUT2D eigenvalue weighted by molar-refractivity contribution is 0.415. The Kier molecular flexibility index (Phi) is 9.76. The lowest BCUT2D eigenvalue weighted by Gasteiger charge is -2.16. The highest BCUT2D eigenvalue weighted by Crippen LogP contribution is 2.35. The Bertz CT molecular complexity index is 2370. The van der Waals surface area contributed by atoms with Crippen molar-refractivity contribution in [1.29, 1.82) is 0 Å². The number of benzene rings is 7. The molecule has 0 amide bonds. The van der Waals surface area contributed by atoms with Crippen LogP contribution in [0, 0.1) is 0 Å². The normalized spacial score (nSPS) is 10.8. The molecule has 2 N–H and O–H groups in total. The molecule has 0 unspecified atom stereocenters. The number of hydrogen-bond donors (Lipinski definition) is 2. The van der Waals surface area contributed by atoms with E-state index < -0.39 is 0 Å². The van der Waals surface area contributed by atoms with Gasteiger partial charge < -0.3 is 20.1 Å². The van der Waals surface area contributed by atoms with Crippen LogP contribution in [-0.2, 0) is 0 Å². The van der Waals surface area contributed by atoms with E-state index in [1.165, 1.54) is 0 Å². The van der Waals surface area contributed by atoms with E-state index >= 15 is 0 Å². The topological polar surface area (TPSA) is 81.2 Å². The Labute approximate surface area is 315 Å². The fourth-order valence-electron chi connectivity index (χ4n) is 6.20. The van der Waals surface area contributed by atoms with E-state index in [0.29, 0.717) is 17.5 Å². The van der Waals surface area contributed by atoms with Gasteiger partial charge in [-0.05, 0) is 89.0 Å². The first kappa shape index (κ1) is 33.9. The van der Waals surface area contributed by atoms with Gasteiger partial charge in [0.15, 0.2) is 17.5 Å². The van der Waals surface area contributed by atoms with Gasteiger partial charge in [0.2, 0.25) is 0 Å². The summed E-state index contributed by atoms with van der Waals surface area (Å²) in [4.78, 5) is 15.2. The van der Waals surface area contributed by atoms with E-state index in [2.05, 4.69) is 89.5 Å². The van der Waals surface area contributed by atoms with Gasteiger partial charge >= 0.3 is 0 Å². The minimum atomic E-state index is 0.558. The van der Waals surface area contributed by atoms with Gasteiger partial charge in [0.25, 0.3) is 0 Å². The molecule has 7 aromatic carbocycles. The van der Waals surface area contributed by atoms with Crippen LogP contribution in [0.5, 0.6) is 11.5 Å². The summed E-state index contributed by atoms with van der Waals surface area (Å²) in [6, 6.07) is 59.2. The molecule has 0 aliphatic carbocycles. The van der Waals surface area contributed by atoms with Crippen molar-refractivity contribution < 1.29 is 9.47 Å². The average Bonchev–Trinajstić information content (AvgIpc) is 3.25. The first-order valence-electron chi connectivity index (χ1n) is 17.7. The molecule has 0 atom stereocenters. The Morgan fingerprint density at radius 1 is 0.333 bits per heavy atom. The van der Waals surface area contributed by atoms with Crippen molar-refractivity contribution >= 4 is 22.7 Å². The van der Waals surface area contributed by atoms with Crippen LogP contribution in [0.3, 0.4) is 0 Å². The molecule has 0 saturated carbocycles. The molecular formula is C47H37N5O2. The van der Waals surface area contributed by atoms with Gasteiger partial charge in [0.1, 0.15) is 11.5 Å². The van der Waals surface area contributed by atoms with Gasteiger partial charge in [-0.3, -0.25) is 0 Å². The third-order valence-electron chi connectivity index (χ3n) is 9.15. The van der Waals surface area contributed by atoms with E-state index in [-0.39, 0.29) is 0 Å². The maximum atomic E-state index is 5.40. The number of anilines is 4. The number of methoxy groups -OCH3 is 2. The highest BCUT2D eigenvalue weighted by atomic mass is 16.5. The van der Waals surface area contributed by atoms with Gasteiger partial charge in [-0.2, -0.15) is 0 Å². The zero-order chi connectivity index (χ0) is 36.7. The van der Waals surface area contributed by atoms with Crippen molar-refractivity contribution in [3.8, 4) is 67.9 Å². The maximum absolute atomic E-state index is 5.40. The molecule has 0 spiro atoms. The molecule has 54 heavy (non-hydrogen) atoms. The number of ether oxygens (including phenoxy) is 2. The highest BCUT2D eigenvalue weighted by Gasteiger charge is 2.15. The van der Waals surface area contributed by atoms with Gasteiger partial charge in [0, 0.05) is 28.1 Å². The van der Waals surface area contributed by atoms with Crippen LogP contribution >= 0.6 is 0 Å². The smallest absolute Gasteiger partial charge is 0.164 e. The SMILES string of the molecule is COc1ccc(Nc2ccc(-c3nc(-c4ccc(-c5ccccc5)cc4)nc(-c4ccc(-c5ccccc5)cc4)n3)cc2Nc2ccc(OC)cc2)cc1. The predicted molar refractivity (Wildman–Crippen MR) is 220 cm³/mol. The average molecular weight is 704 g/mol. The van der Waals surface area contributed by atoms with Crippen LogP contribution in [0.1, 0.15) is 0 Å². The summed E-state index contributed by atoms with van der Waals surface area (Å²) < 4.78 is 10.8. The lowest BCUT2D eigenvalue weighted by atomic mass is 10.0. The van der Waals surface area contributed by atoms with Crippen molar-refractivity contribution in [2.75, 3.05) is 24.9 Å². The molecule has 8 aromatic rings. The van der Waals surface area contributed by atoms with Crippen molar-refractivity contribution in [3.05, 3.63) is 176 Å². The van der Waals surface area contributed by atoms with E-state index in [9.17, 15) is 0 Å². The van der Waals surface area contributed by atoms with Gasteiger partial charge in [0.05, 0.1) is 25.6 Å². The molecule has 0 radical (unpaired) electrons. The molecule has 7 nitrogen and oxygen atoms in total. The number of nitrogens with zero attached hydrogens (tertiary/aromatic N) is 3. The lowest BCUT2D eigenvalue weighted by Crippen LogP contribution is -2.02. The third-order valence-corrected chi connectivity index (χ3v) is 9.15. The molecule has 262 valence electrons. The van der Waals surface area contributed by atoms with Crippen molar-refractivity contribution in [1.82, 2.24) is 15.0 Å². The highest BCUT2D eigenvalue weighted by molar-refractivity contribution is 5.83. The minimum Gasteiger partial charge on any atom is -0.497 e. The summed E-state index contributed by atoms with van der Waals surface area (Å²) in [7, 11) is 3.32. The third kappa shape index (κ3) is 7.66. The van der Waals surface area contributed by atoms with Gasteiger partial charge in [-0.25, -0.2) is 15.0 Å². The zero-order valence-corrected chi connectivity index (χ0v) is 29.9. The molecule has 0 aliphatic rings. The first-order valence-corrected chi connectivity index (χ1v) is 17.7. The van der Waals surface area contributed by atoms with Gasteiger partial charge in [-0.15, -0.1) is 0 Å². The molecule has 0 fully saturated rings. The van der Waals surface area contributed by atoms with E-state index in [1.807, 2.05) is 97.1 Å². The summed E-state index contributed by atoms with van der Waals surface area (Å²) in [6.07, 6.45) is 0. The molecule has 0 aliphatic heterocycles. The molecule has 0 saturated heterocycles. The quantitative estimate of drug-likeness (QED) is 0.139. The molecule has 1 heterocycles. The first-order chi connectivity index (χ1) is 26.6. The monoisotopic (exact) mass is 703 g/mol. The van der Waals surface area contributed by atoms with E-state index in [1.54, 1.807) is 14.2 Å². The molecule has 1 aromatic heterocycles. The summed E-state index contributed by atoms with van der Waals surface area (Å²) in [5.41, 5.74) is 10.7. The number of rotatable bonds is 11. The fraction of sp³-hybridized carbons (Fsp3) is 0.0426. The summed E-state index contributed by atoms with van der Waals surface area (Å²) >= 11 is 0. The molecule has 0 bridgehead atoms. The molecule has 8 rings (SSSR count). The number of nitrogens with one attached hydrogen (secondary N) is 2. The Hall–Kier alpha value is -7.25. The zero-order valence-electron chi connectivity index (χ0n) is 29.9. The van der Waals surface area contributed by atoms with Crippen LogP contribution in [-0.4, -0.2) is 29.2 Å². The van der Waals surface area contributed by atoms with Crippen LogP contribution in [0.25, 0.3) is 56.4 Å². The van der Waals surface area contributed by atoms with Crippen LogP contribution < -0.4 is 20.1 Å². The van der Waals surface area contributed by atoms with E-state index in [0.717, 1.165) is 73.2 Å². The maximum Gasteiger partial charge on any atom is 0.164 e. The van der Waals surface area contributed by atoms with Gasteiger partial charge in [-0.1, -0.05) is 109 Å². The Morgan fingerprint density at radius 2 is 0.685 bits per heavy atom. The largest absolute Gasteiger partial charge is 0.497 e. The van der Waals surface area contributed by atoms with Crippen LogP contribution in [0.2, 0.25) is 0 Å². The van der Waals surface area contributed by atoms with Crippen LogP contribution in [0.4, 0.5) is 22.7 Å². The van der Waals surface area contributed by atoms with E-state index in [4.69, 9.17) is 24.4 Å². The summed E-state index contributed by atoms with van der Waals surface area (Å²) in [6.45, 7) is 0. The van der Waals surface area contributed by atoms with Crippen molar-refractivity contribution in [2.24, 2.45) is 0 Å². The Morgan fingerprint density at radius 3 is 1.11 bits per heavy atom. The number of hydrogen-bond acceptors (Lipinski definition) is 7. The Balaban J connectivity index is 1.21. The standard InChI is InChI=1S/C47H37N5O2/c1-53-41-26-22-39(23-27-41)48-43-30-21-38(31-44(43)49-40-24-28-42(54-2)29-25-40)47-51-45(36-17-13-34(14-18-36)32-9-5-3-6-10-32)50-46(52-47)37-19-15-35(16-20-37)33-11-7-4-8-12-33/h3-31,48-49H,1-2H3.